The number of fused-ring (bicyclic) bond motifs is 3. The summed E-state index contributed by atoms with van der Waals surface area (Å²) in [5.41, 5.74) is 0.641. The monoisotopic (exact) mass is 373 g/mol. The predicted molar refractivity (Wildman–Crippen MR) is 96.2 cm³/mol. The average molecular weight is 373 g/mol. The van der Waals surface area contributed by atoms with Crippen LogP contribution in [0.1, 0.15) is 28.1 Å². The molecule has 2 aromatic rings. The summed E-state index contributed by atoms with van der Waals surface area (Å²) >= 11 is 1.22. The maximum Gasteiger partial charge on any atom is 0.346 e. The van der Waals surface area contributed by atoms with Crippen molar-refractivity contribution in [3.8, 4) is 0 Å². The molecule has 0 radical (unpaired) electrons. The van der Waals surface area contributed by atoms with Crippen LogP contribution in [0.2, 0.25) is 0 Å². The van der Waals surface area contributed by atoms with Gasteiger partial charge in [0.15, 0.2) is 0 Å². The van der Waals surface area contributed by atoms with Gasteiger partial charge >= 0.3 is 5.97 Å². The Kier molecular flexibility index (Phi) is 4.50. The molecule has 1 amide bonds. The standard InChI is InChI=1S/C19H19NO5S/c21-16-11-5-10(6-12(16)9-25-8-11)18(22)20-7-14-13-3-1-2-4-15(13)26-17(14)19(23)24/h1-4,10-12H,5-9H2,(H,20,22)(H,23,24). The number of ketones is 1. The van der Waals surface area contributed by atoms with Crippen molar-refractivity contribution in [3.63, 3.8) is 0 Å². The topological polar surface area (TPSA) is 92.7 Å². The van der Waals surface area contributed by atoms with Gasteiger partial charge in [0.05, 0.1) is 13.2 Å². The number of aromatic carboxylic acids is 1. The van der Waals surface area contributed by atoms with E-state index in [-0.39, 0.29) is 40.9 Å². The molecule has 26 heavy (non-hydrogen) atoms. The van der Waals surface area contributed by atoms with E-state index in [1.165, 1.54) is 11.3 Å². The largest absolute Gasteiger partial charge is 0.477 e. The highest BCUT2D eigenvalue weighted by Crippen LogP contribution is 2.35. The van der Waals surface area contributed by atoms with Gasteiger partial charge in [-0.1, -0.05) is 18.2 Å². The number of thiophene rings is 1. The highest BCUT2D eigenvalue weighted by molar-refractivity contribution is 7.21. The molecule has 1 aliphatic carbocycles. The number of rotatable bonds is 4. The van der Waals surface area contributed by atoms with E-state index in [2.05, 4.69) is 5.32 Å². The van der Waals surface area contributed by atoms with Gasteiger partial charge in [0.25, 0.3) is 0 Å². The Morgan fingerprint density at radius 1 is 1.19 bits per heavy atom. The second-order valence-corrected chi connectivity index (χ2v) is 7.98. The minimum Gasteiger partial charge on any atom is -0.477 e. The number of ether oxygens (including phenoxy) is 1. The Bertz CT molecular complexity index is 873. The average Bonchev–Trinajstić information content (AvgIpc) is 2.98. The molecule has 1 aromatic heterocycles. The second-order valence-electron chi connectivity index (χ2n) is 6.93. The van der Waals surface area contributed by atoms with Crippen LogP contribution in [0.25, 0.3) is 10.1 Å². The third kappa shape index (κ3) is 3.01. The number of hydrogen-bond acceptors (Lipinski definition) is 5. The van der Waals surface area contributed by atoms with E-state index in [0.29, 0.717) is 31.6 Å². The van der Waals surface area contributed by atoms with Crippen LogP contribution >= 0.6 is 11.3 Å². The lowest BCUT2D eigenvalue weighted by Gasteiger charge is -2.36. The fourth-order valence-electron chi connectivity index (χ4n) is 3.98. The van der Waals surface area contributed by atoms with Crippen molar-refractivity contribution in [1.82, 2.24) is 5.32 Å². The molecule has 2 bridgehead atoms. The van der Waals surface area contributed by atoms with Crippen LogP contribution in [0, 0.1) is 17.8 Å². The van der Waals surface area contributed by atoms with Crippen molar-refractivity contribution >= 4 is 39.1 Å². The van der Waals surface area contributed by atoms with E-state index in [9.17, 15) is 19.5 Å². The van der Waals surface area contributed by atoms with E-state index in [1.54, 1.807) is 0 Å². The maximum absolute atomic E-state index is 12.6. The van der Waals surface area contributed by atoms with Crippen LogP contribution < -0.4 is 5.32 Å². The number of carbonyl (C=O) groups is 3. The van der Waals surface area contributed by atoms with E-state index < -0.39 is 5.97 Å². The minimum atomic E-state index is -0.981. The number of nitrogens with one attached hydrogen (secondary N) is 1. The molecule has 2 unspecified atom stereocenters. The normalized spacial score (nSPS) is 25.2. The summed E-state index contributed by atoms with van der Waals surface area (Å²) in [5, 5.41) is 13.2. The number of benzene rings is 1. The van der Waals surface area contributed by atoms with Crippen LogP contribution in [-0.2, 0) is 20.9 Å². The molecule has 2 N–H and O–H groups in total. The highest BCUT2D eigenvalue weighted by Gasteiger charge is 2.42. The van der Waals surface area contributed by atoms with E-state index >= 15 is 0 Å². The van der Waals surface area contributed by atoms with Crippen LogP contribution in [-0.4, -0.2) is 36.0 Å². The van der Waals surface area contributed by atoms with Gasteiger partial charge in [0.2, 0.25) is 5.91 Å². The molecular formula is C19H19NO5S. The van der Waals surface area contributed by atoms with Gasteiger partial charge in [-0.25, -0.2) is 4.79 Å². The fourth-order valence-corrected chi connectivity index (χ4v) is 5.04. The Hall–Kier alpha value is -2.25. The molecule has 0 spiro atoms. The van der Waals surface area contributed by atoms with Crippen LogP contribution in [0.5, 0.6) is 0 Å². The molecule has 1 saturated heterocycles. The van der Waals surface area contributed by atoms with Gasteiger partial charge in [-0.3, -0.25) is 9.59 Å². The lowest BCUT2D eigenvalue weighted by atomic mass is 9.73. The lowest BCUT2D eigenvalue weighted by molar-refractivity contribution is -0.146. The Labute approximate surface area is 154 Å². The van der Waals surface area contributed by atoms with Crippen LogP contribution in [0.3, 0.4) is 0 Å². The van der Waals surface area contributed by atoms with Gasteiger partial charge in [0.1, 0.15) is 10.7 Å². The summed E-state index contributed by atoms with van der Waals surface area (Å²) in [4.78, 5) is 36.6. The van der Waals surface area contributed by atoms with Gasteiger partial charge in [-0.05, 0) is 24.3 Å². The third-order valence-electron chi connectivity index (χ3n) is 5.28. The van der Waals surface area contributed by atoms with E-state index in [1.807, 2.05) is 24.3 Å². The van der Waals surface area contributed by atoms with Gasteiger partial charge in [0, 0.05) is 34.6 Å². The first kappa shape index (κ1) is 17.2. The first-order valence-electron chi connectivity index (χ1n) is 8.67. The molecular weight excluding hydrogens is 354 g/mol. The summed E-state index contributed by atoms with van der Waals surface area (Å²) in [6, 6.07) is 7.49. The zero-order valence-corrected chi connectivity index (χ0v) is 14.9. The molecule has 4 rings (SSSR count). The summed E-state index contributed by atoms with van der Waals surface area (Å²) in [5.74, 6) is -1.46. The minimum absolute atomic E-state index is 0.110. The van der Waals surface area contributed by atoms with Crippen LogP contribution in [0.15, 0.2) is 24.3 Å². The van der Waals surface area contributed by atoms with Crippen molar-refractivity contribution in [3.05, 3.63) is 34.7 Å². The van der Waals surface area contributed by atoms with Crippen molar-refractivity contribution in [2.75, 3.05) is 13.2 Å². The second kappa shape index (κ2) is 6.81. The number of Topliss-reactive ketones (excluding diaryl/α,β-unsaturated/α-hetero) is 1. The fraction of sp³-hybridized carbons (Fsp3) is 0.421. The van der Waals surface area contributed by atoms with Gasteiger partial charge in [-0.15, -0.1) is 11.3 Å². The molecule has 1 aliphatic heterocycles. The number of carboxylic acids is 1. The first-order valence-corrected chi connectivity index (χ1v) is 9.49. The first-order chi connectivity index (χ1) is 12.5. The predicted octanol–water partition coefficient (Wildman–Crippen LogP) is 2.46. The molecule has 2 atom stereocenters. The Morgan fingerprint density at radius 2 is 1.88 bits per heavy atom. The summed E-state index contributed by atoms with van der Waals surface area (Å²) in [6.07, 6.45) is 1.02. The molecule has 1 aromatic carbocycles. The summed E-state index contributed by atoms with van der Waals surface area (Å²) in [6.45, 7) is 0.982. The highest BCUT2D eigenvalue weighted by atomic mass is 32.1. The SMILES string of the molecule is O=C(O)c1sc2ccccc2c1CNC(=O)C1CC2COCC(C1)C2=O. The smallest absolute Gasteiger partial charge is 0.346 e. The summed E-state index contributed by atoms with van der Waals surface area (Å²) < 4.78 is 6.32. The van der Waals surface area contributed by atoms with Gasteiger partial charge in [-0.2, -0.15) is 0 Å². The van der Waals surface area contributed by atoms with E-state index in [0.717, 1.165) is 10.1 Å². The number of carbonyl (C=O) groups excluding carboxylic acids is 2. The zero-order chi connectivity index (χ0) is 18.3. The van der Waals surface area contributed by atoms with Crippen molar-refractivity contribution in [1.29, 1.82) is 0 Å². The molecule has 136 valence electrons. The zero-order valence-electron chi connectivity index (χ0n) is 14.1. The molecule has 2 aliphatic rings. The molecule has 6 nitrogen and oxygen atoms in total. The molecule has 2 heterocycles. The van der Waals surface area contributed by atoms with Crippen molar-refractivity contribution < 1.29 is 24.2 Å². The molecule has 1 saturated carbocycles. The Balaban J connectivity index is 1.50. The van der Waals surface area contributed by atoms with Gasteiger partial charge < -0.3 is 15.2 Å². The molecule has 7 heteroatoms. The third-order valence-corrected chi connectivity index (χ3v) is 6.48. The molecule has 2 fully saturated rings. The maximum atomic E-state index is 12.6. The number of amides is 1. The quantitative estimate of drug-likeness (QED) is 0.859. The lowest BCUT2D eigenvalue weighted by Crippen LogP contribution is -2.46. The van der Waals surface area contributed by atoms with E-state index in [4.69, 9.17) is 4.74 Å². The van der Waals surface area contributed by atoms with Crippen molar-refractivity contribution in [2.45, 2.75) is 19.4 Å². The number of carboxylic acid groups (broad SMARTS) is 1. The van der Waals surface area contributed by atoms with Crippen LogP contribution in [0.4, 0.5) is 0 Å². The Morgan fingerprint density at radius 3 is 2.58 bits per heavy atom. The number of hydrogen-bond donors (Lipinski definition) is 2. The summed E-state index contributed by atoms with van der Waals surface area (Å²) in [7, 11) is 0. The van der Waals surface area contributed by atoms with Crippen molar-refractivity contribution in [2.24, 2.45) is 17.8 Å².